The van der Waals surface area contributed by atoms with Crippen LogP contribution in [0.3, 0.4) is 0 Å². The standard InChI is InChI=1S/C14H18N4OS2.C2H2O4/c15-13(19)8-17-3-5-18(6-4-17)9-14-16-11(10-21-14)12-2-1-7-20-12;3-1(4)2(5)6/h1-2,7,10H,3-6,8-9H2,(H2,15,19);(H,3,4)(H,5,6). The maximum atomic E-state index is 10.9. The van der Waals surface area contributed by atoms with Crippen molar-refractivity contribution in [3.8, 4) is 10.6 Å². The van der Waals surface area contributed by atoms with Crippen LogP contribution in [0.15, 0.2) is 22.9 Å². The van der Waals surface area contributed by atoms with Crippen LogP contribution in [0.25, 0.3) is 10.6 Å². The average Bonchev–Trinajstić information content (AvgIpc) is 3.28. The molecule has 0 unspecified atom stereocenters. The molecule has 27 heavy (non-hydrogen) atoms. The summed E-state index contributed by atoms with van der Waals surface area (Å²) in [4.78, 5) is 39.5. The van der Waals surface area contributed by atoms with Gasteiger partial charge in [0.2, 0.25) is 5.91 Å². The van der Waals surface area contributed by atoms with Crippen molar-refractivity contribution in [3.05, 3.63) is 27.9 Å². The Morgan fingerprint density at radius 3 is 2.22 bits per heavy atom. The Labute approximate surface area is 163 Å². The summed E-state index contributed by atoms with van der Waals surface area (Å²) in [5.74, 6) is -3.89. The topological polar surface area (TPSA) is 137 Å². The second-order valence-electron chi connectivity index (χ2n) is 5.73. The third-order valence-corrected chi connectivity index (χ3v) is 5.44. The number of nitrogens with zero attached hydrogens (tertiary/aromatic N) is 3. The summed E-state index contributed by atoms with van der Waals surface area (Å²) in [7, 11) is 0. The lowest BCUT2D eigenvalue weighted by molar-refractivity contribution is -0.159. The van der Waals surface area contributed by atoms with Crippen LogP contribution < -0.4 is 5.73 Å². The molecule has 0 spiro atoms. The van der Waals surface area contributed by atoms with E-state index in [1.807, 2.05) is 0 Å². The molecule has 0 atom stereocenters. The SMILES string of the molecule is NC(=O)CN1CCN(Cc2nc(-c3cccs3)cs2)CC1.O=C(O)C(=O)O. The summed E-state index contributed by atoms with van der Waals surface area (Å²) in [6, 6.07) is 4.16. The second-order valence-corrected chi connectivity index (χ2v) is 7.62. The van der Waals surface area contributed by atoms with E-state index in [-0.39, 0.29) is 5.91 Å². The maximum Gasteiger partial charge on any atom is 0.414 e. The van der Waals surface area contributed by atoms with Crippen LogP contribution in [0.1, 0.15) is 5.01 Å². The van der Waals surface area contributed by atoms with Crippen molar-refractivity contribution < 1.29 is 24.6 Å². The summed E-state index contributed by atoms with van der Waals surface area (Å²) in [6.07, 6.45) is 0. The Morgan fingerprint density at radius 1 is 1.07 bits per heavy atom. The molecule has 9 nitrogen and oxygen atoms in total. The van der Waals surface area contributed by atoms with Crippen LogP contribution in [0.4, 0.5) is 0 Å². The van der Waals surface area contributed by atoms with Crippen molar-refractivity contribution in [2.75, 3.05) is 32.7 Å². The number of carboxylic acids is 2. The van der Waals surface area contributed by atoms with Crippen LogP contribution in [0, 0.1) is 0 Å². The average molecular weight is 412 g/mol. The number of rotatable bonds is 5. The van der Waals surface area contributed by atoms with E-state index >= 15 is 0 Å². The number of thiazole rings is 1. The van der Waals surface area contributed by atoms with Gasteiger partial charge in [-0.1, -0.05) is 6.07 Å². The smallest absolute Gasteiger partial charge is 0.414 e. The lowest BCUT2D eigenvalue weighted by atomic mass is 10.3. The number of aromatic nitrogens is 1. The number of thiophene rings is 1. The van der Waals surface area contributed by atoms with Crippen LogP contribution in [0.5, 0.6) is 0 Å². The third kappa shape index (κ3) is 7.06. The van der Waals surface area contributed by atoms with Gasteiger partial charge in [0.1, 0.15) is 5.01 Å². The highest BCUT2D eigenvalue weighted by atomic mass is 32.1. The number of piperazine rings is 1. The minimum absolute atomic E-state index is 0.246. The van der Waals surface area contributed by atoms with Crippen molar-refractivity contribution in [1.29, 1.82) is 0 Å². The molecule has 0 radical (unpaired) electrons. The first-order chi connectivity index (χ1) is 12.8. The molecule has 2 aromatic rings. The van der Waals surface area contributed by atoms with Crippen LogP contribution in [-0.4, -0.2) is 75.6 Å². The van der Waals surface area contributed by atoms with Gasteiger partial charge in [-0.05, 0) is 11.4 Å². The third-order valence-electron chi connectivity index (χ3n) is 3.71. The van der Waals surface area contributed by atoms with Gasteiger partial charge in [-0.15, -0.1) is 22.7 Å². The minimum Gasteiger partial charge on any atom is -0.473 e. The van der Waals surface area contributed by atoms with Gasteiger partial charge in [-0.3, -0.25) is 14.6 Å². The first kappa shape index (κ1) is 21.0. The zero-order valence-electron chi connectivity index (χ0n) is 14.4. The van der Waals surface area contributed by atoms with Gasteiger partial charge >= 0.3 is 11.9 Å². The first-order valence-electron chi connectivity index (χ1n) is 8.02. The van der Waals surface area contributed by atoms with E-state index in [1.54, 1.807) is 22.7 Å². The van der Waals surface area contributed by atoms with E-state index in [2.05, 4.69) is 32.7 Å². The number of hydrogen-bond acceptors (Lipinski definition) is 8. The molecule has 3 heterocycles. The number of carbonyl (C=O) groups excluding carboxylic acids is 1. The maximum absolute atomic E-state index is 10.9. The van der Waals surface area contributed by atoms with Gasteiger partial charge in [0, 0.05) is 31.6 Å². The molecule has 4 N–H and O–H groups in total. The summed E-state index contributed by atoms with van der Waals surface area (Å²) in [6.45, 7) is 4.97. The zero-order chi connectivity index (χ0) is 19.8. The lowest BCUT2D eigenvalue weighted by Gasteiger charge is -2.33. The van der Waals surface area contributed by atoms with Crippen LogP contribution in [-0.2, 0) is 20.9 Å². The van der Waals surface area contributed by atoms with Crippen molar-refractivity contribution in [2.24, 2.45) is 5.73 Å². The Morgan fingerprint density at radius 2 is 1.70 bits per heavy atom. The summed E-state index contributed by atoms with van der Waals surface area (Å²) in [5.41, 5.74) is 6.31. The number of carboxylic acid groups (broad SMARTS) is 2. The van der Waals surface area contributed by atoms with Crippen molar-refractivity contribution in [3.63, 3.8) is 0 Å². The molecule has 1 aliphatic rings. The molecular formula is C16H20N4O5S2. The lowest BCUT2D eigenvalue weighted by Crippen LogP contribution is -2.48. The van der Waals surface area contributed by atoms with Gasteiger partial charge in [-0.2, -0.15) is 0 Å². The quantitative estimate of drug-likeness (QED) is 0.608. The molecule has 2 aromatic heterocycles. The molecule has 1 amide bonds. The fraction of sp³-hybridized carbons (Fsp3) is 0.375. The molecule has 0 aromatic carbocycles. The molecule has 1 saturated heterocycles. The minimum atomic E-state index is -1.82. The predicted molar refractivity (Wildman–Crippen MR) is 102 cm³/mol. The number of nitrogens with two attached hydrogens (primary N) is 1. The van der Waals surface area contributed by atoms with Crippen molar-refractivity contribution in [1.82, 2.24) is 14.8 Å². The fourth-order valence-corrected chi connectivity index (χ4v) is 4.03. The predicted octanol–water partition coefficient (Wildman–Crippen LogP) is 0.630. The monoisotopic (exact) mass is 412 g/mol. The normalized spacial score (nSPS) is 15.0. The first-order valence-corrected chi connectivity index (χ1v) is 9.78. The van der Waals surface area contributed by atoms with E-state index in [9.17, 15) is 4.79 Å². The summed E-state index contributed by atoms with van der Waals surface area (Å²) < 4.78 is 0. The van der Waals surface area contributed by atoms with E-state index in [4.69, 9.17) is 30.5 Å². The van der Waals surface area contributed by atoms with Crippen LogP contribution in [0.2, 0.25) is 0 Å². The number of amides is 1. The molecule has 0 aliphatic carbocycles. The molecule has 11 heteroatoms. The molecule has 1 fully saturated rings. The summed E-state index contributed by atoms with van der Waals surface area (Å²) >= 11 is 3.44. The Bertz CT molecular complexity index is 758. The van der Waals surface area contributed by atoms with Gasteiger partial charge in [0.25, 0.3) is 0 Å². The van der Waals surface area contributed by atoms with Gasteiger partial charge in [0.15, 0.2) is 0 Å². The van der Waals surface area contributed by atoms with E-state index in [1.165, 1.54) is 4.88 Å². The highest BCUT2D eigenvalue weighted by Crippen LogP contribution is 2.26. The molecule has 3 rings (SSSR count). The van der Waals surface area contributed by atoms with Gasteiger partial charge in [-0.25, -0.2) is 14.6 Å². The largest absolute Gasteiger partial charge is 0.473 e. The van der Waals surface area contributed by atoms with E-state index in [0.29, 0.717) is 6.54 Å². The molecule has 1 aliphatic heterocycles. The van der Waals surface area contributed by atoms with Gasteiger partial charge < -0.3 is 15.9 Å². The molecule has 0 bridgehead atoms. The number of carbonyl (C=O) groups is 3. The van der Waals surface area contributed by atoms with Crippen LogP contribution >= 0.6 is 22.7 Å². The number of primary amides is 1. The number of aliphatic carboxylic acids is 2. The summed E-state index contributed by atoms with van der Waals surface area (Å²) in [5, 5.41) is 20.1. The van der Waals surface area contributed by atoms with Gasteiger partial charge in [0.05, 0.1) is 23.7 Å². The highest BCUT2D eigenvalue weighted by Gasteiger charge is 2.19. The number of hydrogen-bond donors (Lipinski definition) is 3. The van der Waals surface area contributed by atoms with E-state index in [0.717, 1.165) is 43.4 Å². The zero-order valence-corrected chi connectivity index (χ0v) is 16.0. The highest BCUT2D eigenvalue weighted by molar-refractivity contribution is 7.14. The second kappa shape index (κ2) is 10.1. The molecule has 0 saturated carbocycles. The van der Waals surface area contributed by atoms with E-state index < -0.39 is 11.9 Å². The Kier molecular flexibility index (Phi) is 7.85. The Hall–Kier alpha value is -2.34. The van der Waals surface area contributed by atoms with Crippen molar-refractivity contribution >= 4 is 40.5 Å². The Balaban J connectivity index is 0.000000380. The fourth-order valence-electron chi connectivity index (χ4n) is 2.44. The van der Waals surface area contributed by atoms with Crippen molar-refractivity contribution in [2.45, 2.75) is 6.54 Å². The molecule has 146 valence electrons. The molecular weight excluding hydrogens is 392 g/mol.